The number of aliphatic hydroxyl groups is 1. The van der Waals surface area contributed by atoms with Crippen molar-refractivity contribution in [3.8, 4) is 0 Å². The zero-order valence-electron chi connectivity index (χ0n) is 10.3. The molecule has 4 rings (SSSR count). The summed E-state index contributed by atoms with van der Waals surface area (Å²) in [5.74, 6) is 2.93. The molecular formula is C14H24O2. The van der Waals surface area contributed by atoms with Crippen LogP contribution in [0.5, 0.6) is 0 Å². The van der Waals surface area contributed by atoms with Gasteiger partial charge in [0.15, 0.2) is 0 Å². The lowest BCUT2D eigenvalue weighted by atomic mass is 9.50. The highest BCUT2D eigenvalue weighted by molar-refractivity contribution is 5.06. The molecule has 0 aromatic carbocycles. The van der Waals surface area contributed by atoms with Crippen LogP contribution in [0.1, 0.15) is 45.4 Å². The van der Waals surface area contributed by atoms with Crippen LogP contribution >= 0.6 is 0 Å². The van der Waals surface area contributed by atoms with Crippen molar-refractivity contribution in [2.45, 2.75) is 51.0 Å². The van der Waals surface area contributed by atoms with Crippen molar-refractivity contribution in [1.82, 2.24) is 0 Å². The zero-order chi connectivity index (χ0) is 11.2. The third kappa shape index (κ3) is 1.62. The van der Waals surface area contributed by atoms with Crippen LogP contribution in [0.4, 0.5) is 0 Å². The molecule has 0 aliphatic heterocycles. The molecule has 0 saturated heterocycles. The summed E-state index contributed by atoms with van der Waals surface area (Å²) in [6.07, 6.45) is 7.55. The molecule has 2 heteroatoms. The first kappa shape index (κ1) is 11.0. The molecule has 0 aromatic heterocycles. The van der Waals surface area contributed by atoms with Crippen LogP contribution in [0, 0.1) is 23.7 Å². The summed E-state index contributed by atoms with van der Waals surface area (Å²) in [6, 6.07) is 0. The maximum absolute atomic E-state index is 10.9. The predicted octanol–water partition coefficient (Wildman–Crippen LogP) is 2.60. The highest BCUT2D eigenvalue weighted by atomic mass is 16.5. The first-order valence-electron chi connectivity index (χ1n) is 7.02. The van der Waals surface area contributed by atoms with Crippen LogP contribution < -0.4 is 0 Å². The topological polar surface area (TPSA) is 29.5 Å². The maximum atomic E-state index is 10.9. The predicted molar refractivity (Wildman–Crippen MR) is 63.1 cm³/mol. The van der Waals surface area contributed by atoms with E-state index in [-0.39, 0.29) is 0 Å². The second-order valence-corrected chi connectivity index (χ2v) is 6.35. The van der Waals surface area contributed by atoms with E-state index < -0.39 is 5.60 Å². The molecule has 0 aromatic rings. The normalized spacial score (nSPS) is 49.9. The highest BCUT2D eigenvalue weighted by Crippen LogP contribution is 2.58. The molecular weight excluding hydrogens is 200 g/mol. The van der Waals surface area contributed by atoms with Crippen molar-refractivity contribution in [3.63, 3.8) is 0 Å². The Kier molecular flexibility index (Phi) is 2.75. The van der Waals surface area contributed by atoms with Gasteiger partial charge in [-0.1, -0.05) is 6.92 Å². The molecule has 4 aliphatic carbocycles. The standard InChI is InChI=1S/C14H24O2/c1-2-3-16-9-14(15)12-5-10-4-11(7-12)8-13(14)6-10/h10-13,15H,2-9H2,1H3. The Morgan fingerprint density at radius 3 is 2.12 bits per heavy atom. The van der Waals surface area contributed by atoms with Crippen LogP contribution in [0.15, 0.2) is 0 Å². The van der Waals surface area contributed by atoms with Gasteiger partial charge in [-0.25, -0.2) is 0 Å². The molecule has 2 nitrogen and oxygen atoms in total. The minimum absolute atomic E-state index is 0.470. The summed E-state index contributed by atoms with van der Waals surface area (Å²) in [7, 11) is 0. The summed E-state index contributed by atoms with van der Waals surface area (Å²) in [5, 5.41) is 10.9. The molecule has 16 heavy (non-hydrogen) atoms. The first-order valence-corrected chi connectivity index (χ1v) is 7.02. The summed E-state index contributed by atoms with van der Waals surface area (Å²) >= 11 is 0. The van der Waals surface area contributed by atoms with E-state index in [9.17, 15) is 5.11 Å². The first-order chi connectivity index (χ1) is 7.72. The fourth-order valence-electron chi connectivity index (χ4n) is 4.62. The van der Waals surface area contributed by atoms with E-state index in [0.29, 0.717) is 18.4 Å². The number of hydrogen-bond donors (Lipinski definition) is 1. The second kappa shape index (κ2) is 3.99. The average molecular weight is 224 g/mol. The molecule has 4 aliphatic rings. The van der Waals surface area contributed by atoms with Gasteiger partial charge in [-0.2, -0.15) is 0 Å². The molecule has 0 heterocycles. The van der Waals surface area contributed by atoms with Crippen LogP contribution in [0.25, 0.3) is 0 Å². The van der Waals surface area contributed by atoms with E-state index in [2.05, 4.69) is 6.92 Å². The van der Waals surface area contributed by atoms with E-state index in [1.807, 2.05) is 0 Å². The minimum atomic E-state index is -0.470. The quantitative estimate of drug-likeness (QED) is 0.744. The molecule has 0 atom stereocenters. The third-order valence-corrected chi connectivity index (χ3v) is 5.23. The fraction of sp³-hybridized carbons (Fsp3) is 1.00. The minimum Gasteiger partial charge on any atom is -0.387 e. The monoisotopic (exact) mass is 224 g/mol. The fourth-order valence-corrected chi connectivity index (χ4v) is 4.62. The van der Waals surface area contributed by atoms with Gasteiger partial charge < -0.3 is 9.84 Å². The second-order valence-electron chi connectivity index (χ2n) is 6.35. The van der Waals surface area contributed by atoms with Gasteiger partial charge in [-0.05, 0) is 62.2 Å². The molecule has 4 bridgehead atoms. The summed E-state index contributed by atoms with van der Waals surface area (Å²) in [6.45, 7) is 3.52. The SMILES string of the molecule is CCCOCC1(O)C2CC3CC(C2)CC1C3. The molecule has 0 amide bonds. The smallest absolute Gasteiger partial charge is 0.0936 e. The Bertz CT molecular complexity index is 233. The van der Waals surface area contributed by atoms with Crippen LogP contribution in [0.3, 0.4) is 0 Å². The number of ether oxygens (including phenoxy) is 1. The summed E-state index contributed by atoms with van der Waals surface area (Å²) < 4.78 is 5.66. The molecule has 0 radical (unpaired) electrons. The van der Waals surface area contributed by atoms with Crippen molar-refractivity contribution in [1.29, 1.82) is 0 Å². The zero-order valence-corrected chi connectivity index (χ0v) is 10.3. The van der Waals surface area contributed by atoms with Gasteiger partial charge in [0.05, 0.1) is 12.2 Å². The molecule has 0 spiro atoms. The lowest BCUT2D eigenvalue weighted by Gasteiger charge is -2.58. The Morgan fingerprint density at radius 2 is 1.62 bits per heavy atom. The van der Waals surface area contributed by atoms with Crippen molar-refractivity contribution in [2.24, 2.45) is 23.7 Å². The summed E-state index contributed by atoms with van der Waals surface area (Å²) in [5.41, 5.74) is -0.470. The number of hydrogen-bond acceptors (Lipinski definition) is 2. The Labute approximate surface area is 98.4 Å². The van der Waals surface area contributed by atoms with Gasteiger partial charge in [0.1, 0.15) is 0 Å². The Morgan fingerprint density at radius 1 is 1.06 bits per heavy atom. The molecule has 92 valence electrons. The number of rotatable bonds is 4. The Balaban J connectivity index is 1.70. The van der Waals surface area contributed by atoms with E-state index >= 15 is 0 Å². The van der Waals surface area contributed by atoms with Crippen molar-refractivity contribution in [3.05, 3.63) is 0 Å². The highest BCUT2D eigenvalue weighted by Gasteiger charge is 2.56. The molecule has 4 fully saturated rings. The van der Waals surface area contributed by atoms with E-state index in [1.165, 1.54) is 32.1 Å². The van der Waals surface area contributed by atoms with E-state index in [4.69, 9.17) is 4.74 Å². The van der Waals surface area contributed by atoms with Crippen LogP contribution in [-0.4, -0.2) is 23.9 Å². The van der Waals surface area contributed by atoms with E-state index in [0.717, 1.165) is 24.9 Å². The van der Waals surface area contributed by atoms with Gasteiger partial charge in [0.25, 0.3) is 0 Å². The molecule has 4 saturated carbocycles. The Hall–Kier alpha value is -0.0800. The van der Waals surface area contributed by atoms with E-state index in [1.54, 1.807) is 0 Å². The van der Waals surface area contributed by atoms with Gasteiger partial charge >= 0.3 is 0 Å². The van der Waals surface area contributed by atoms with Gasteiger partial charge in [0, 0.05) is 6.61 Å². The van der Waals surface area contributed by atoms with Crippen molar-refractivity contribution < 1.29 is 9.84 Å². The van der Waals surface area contributed by atoms with Crippen LogP contribution in [-0.2, 0) is 4.74 Å². The van der Waals surface area contributed by atoms with Gasteiger partial charge in [-0.15, -0.1) is 0 Å². The average Bonchev–Trinajstić information content (AvgIpc) is 2.25. The lowest BCUT2D eigenvalue weighted by Crippen LogP contribution is -2.59. The van der Waals surface area contributed by atoms with Crippen LogP contribution in [0.2, 0.25) is 0 Å². The molecule has 0 unspecified atom stereocenters. The largest absolute Gasteiger partial charge is 0.387 e. The maximum Gasteiger partial charge on any atom is 0.0936 e. The van der Waals surface area contributed by atoms with Gasteiger partial charge in [-0.3, -0.25) is 0 Å². The van der Waals surface area contributed by atoms with Crippen molar-refractivity contribution >= 4 is 0 Å². The van der Waals surface area contributed by atoms with Crippen molar-refractivity contribution in [2.75, 3.05) is 13.2 Å². The lowest BCUT2D eigenvalue weighted by molar-refractivity contribution is -0.199. The van der Waals surface area contributed by atoms with Gasteiger partial charge in [0.2, 0.25) is 0 Å². The summed E-state index contributed by atoms with van der Waals surface area (Å²) in [4.78, 5) is 0. The molecule has 1 N–H and O–H groups in total. The third-order valence-electron chi connectivity index (χ3n) is 5.23.